The Morgan fingerprint density at radius 3 is 1.26 bits per heavy atom. The summed E-state index contributed by atoms with van der Waals surface area (Å²) in [5.41, 5.74) is 10.5. The van der Waals surface area contributed by atoms with E-state index < -0.39 is 0 Å². The molecule has 0 bridgehead atoms. The predicted molar refractivity (Wildman–Crippen MR) is 159 cm³/mol. The lowest BCUT2D eigenvalue weighted by Gasteiger charge is -2.11. The summed E-state index contributed by atoms with van der Waals surface area (Å²) in [6.45, 7) is 4.22. The van der Waals surface area contributed by atoms with Crippen molar-refractivity contribution in [3.63, 3.8) is 0 Å². The van der Waals surface area contributed by atoms with Crippen molar-refractivity contribution in [3.8, 4) is 22.3 Å². The number of rotatable bonds is 2. The highest BCUT2D eigenvalue weighted by atomic mass is 16.3. The van der Waals surface area contributed by atoms with Crippen LogP contribution < -0.4 is 0 Å². The molecule has 6 aromatic carbocycles. The smallest absolute Gasteiger partial charge is 0.143 e. The fraction of sp³-hybridized carbons (Fsp3) is 0.0556. The molecule has 38 heavy (non-hydrogen) atoms. The highest BCUT2D eigenvalue weighted by Crippen LogP contribution is 2.47. The maximum absolute atomic E-state index is 6.65. The Morgan fingerprint density at radius 2 is 0.842 bits per heavy atom. The van der Waals surface area contributed by atoms with Gasteiger partial charge in [-0.05, 0) is 71.1 Å². The number of benzene rings is 6. The molecule has 2 heterocycles. The highest BCUT2D eigenvalue weighted by Gasteiger charge is 2.22. The zero-order valence-corrected chi connectivity index (χ0v) is 21.2. The first-order chi connectivity index (χ1) is 18.7. The SMILES string of the molecule is Cc1ccc2c(c1)oc1c(-c3ccccc3)cc3c(cc(-c4ccccc4)c4oc5cc(C)ccc5c43)c12. The second-order valence-corrected chi connectivity index (χ2v) is 10.3. The van der Waals surface area contributed by atoms with Crippen LogP contribution in [0.4, 0.5) is 0 Å². The van der Waals surface area contributed by atoms with Gasteiger partial charge >= 0.3 is 0 Å². The van der Waals surface area contributed by atoms with Gasteiger partial charge in [-0.1, -0.05) is 84.9 Å². The molecule has 0 aliphatic heterocycles. The van der Waals surface area contributed by atoms with Crippen LogP contribution in [-0.2, 0) is 0 Å². The summed E-state index contributed by atoms with van der Waals surface area (Å²) in [5.74, 6) is 0. The number of hydrogen-bond donors (Lipinski definition) is 0. The second kappa shape index (κ2) is 7.84. The van der Waals surface area contributed by atoms with Gasteiger partial charge < -0.3 is 8.83 Å². The van der Waals surface area contributed by atoms with Gasteiger partial charge in [-0.15, -0.1) is 0 Å². The van der Waals surface area contributed by atoms with Crippen molar-refractivity contribution in [2.24, 2.45) is 0 Å². The van der Waals surface area contributed by atoms with Crippen LogP contribution in [-0.4, -0.2) is 0 Å². The van der Waals surface area contributed by atoms with Gasteiger partial charge in [0, 0.05) is 32.7 Å². The van der Waals surface area contributed by atoms with Gasteiger partial charge in [0.1, 0.15) is 22.3 Å². The third kappa shape index (κ3) is 3.01. The molecule has 0 radical (unpaired) electrons. The molecule has 0 fully saturated rings. The normalized spacial score (nSPS) is 11.9. The van der Waals surface area contributed by atoms with E-state index in [1.165, 1.54) is 21.9 Å². The molecule has 0 aliphatic carbocycles. The molecule has 8 aromatic rings. The van der Waals surface area contributed by atoms with Gasteiger partial charge in [0.25, 0.3) is 0 Å². The summed E-state index contributed by atoms with van der Waals surface area (Å²) in [6.07, 6.45) is 0. The summed E-state index contributed by atoms with van der Waals surface area (Å²) in [7, 11) is 0. The molecule has 0 aliphatic rings. The Kier molecular flexibility index (Phi) is 4.39. The first kappa shape index (κ1) is 21.3. The summed E-state index contributed by atoms with van der Waals surface area (Å²) < 4.78 is 13.3. The van der Waals surface area contributed by atoms with E-state index in [1.54, 1.807) is 0 Å². The molecule has 0 unspecified atom stereocenters. The van der Waals surface area contributed by atoms with Crippen LogP contribution >= 0.6 is 0 Å². The number of furan rings is 2. The van der Waals surface area contributed by atoms with E-state index in [0.29, 0.717) is 0 Å². The standard InChI is InChI=1S/C36H24O2/c1-21-13-15-25-31(17-21)37-35-27(23-9-5-3-6-10-23)19-30-29(33(25)35)20-28(24-11-7-4-8-12-24)36-34(30)26-16-14-22(2)18-32(26)38-36/h3-20H,1-2H3. The van der Waals surface area contributed by atoms with Gasteiger partial charge in [0.15, 0.2) is 0 Å². The minimum Gasteiger partial charge on any atom is -0.455 e. The third-order valence-corrected chi connectivity index (χ3v) is 7.76. The summed E-state index contributed by atoms with van der Waals surface area (Å²) in [5, 5.41) is 6.92. The van der Waals surface area contributed by atoms with Crippen molar-refractivity contribution in [2.75, 3.05) is 0 Å². The van der Waals surface area contributed by atoms with Gasteiger partial charge in [0.2, 0.25) is 0 Å². The lowest BCUT2D eigenvalue weighted by atomic mass is 9.90. The van der Waals surface area contributed by atoms with Crippen LogP contribution in [0.1, 0.15) is 11.1 Å². The van der Waals surface area contributed by atoms with Crippen LogP contribution in [0.2, 0.25) is 0 Å². The van der Waals surface area contributed by atoms with E-state index in [-0.39, 0.29) is 0 Å². The largest absolute Gasteiger partial charge is 0.455 e. The maximum Gasteiger partial charge on any atom is 0.143 e. The average Bonchev–Trinajstić information content (AvgIpc) is 3.51. The highest BCUT2D eigenvalue weighted by molar-refractivity contribution is 6.31. The monoisotopic (exact) mass is 488 g/mol. The van der Waals surface area contributed by atoms with E-state index in [4.69, 9.17) is 8.83 Å². The molecule has 2 aromatic heterocycles. The number of fused-ring (bicyclic) bond motifs is 9. The van der Waals surface area contributed by atoms with Gasteiger partial charge in [-0.3, -0.25) is 0 Å². The Labute approximate surface area is 219 Å². The zero-order chi connectivity index (χ0) is 25.4. The van der Waals surface area contributed by atoms with Crippen molar-refractivity contribution < 1.29 is 8.83 Å². The quantitative estimate of drug-likeness (QED) is 0.242. The van der Waals surface area contributed by atoms with Crippen LogP contribution in [0, 0.1) is 13.8 Å². The fourth-order valence-corrected chi connectivity index (χ4v) is 5.97. The Bertz CT molecular complexity index is 2020. The summed E-state index contributed by atoms with van der Waals surface area (Å²) >= 11 is 0. The molecule has 0 saturated carbocycles. The van der Waals surface area contributed by atoms with Crippen molar-refractivity contribution in [3.05, 3.63) is 120 Å². The van der Waals surface area contributed by atoms with E-state index in [1.807, 2.05) is 0 Å². The molecule has 2 heteroatoms. The fourth-order valence-electron chi connectivity index (χ4n) is 5.97. The van der Waals surface area contributed by atoms with E-state index >= 15 is 0 Å². The van der Waals surface area contributed by atoms with Gasteiger partial charge in [0.05, 0.1) is 0 Å². The Morgan fingerprint density at radius 1 is 0.421 bits per heavy atom. The Hall–Kier alpha value is -4.82. The van der Waals surface area contributed by atoms with E-state index in [2.05, 4.69) is 123 Å². The first-order valence-corrected chi connectivity index (χ1v) is 13.0. The summed E-state index contributed by atoms with van der Waals surface area (Å²) in [6, 6.07) is 38.7. The van der Waals surface area contributed by atoms with E-state index in [0.717, 1.165) is 66.1 Å². The maximum atomic E-state index is 6.65. The molecule has 0 spiro atoms. The van der Waals surface area contributed by atoms with Crippen LogP contribution in [0.3, 0.4) is 0 Å². The van der Waals surface area contributed by atoms with Crippen molar-refractivity contribution >= 4 is 54.6 Å². The zero-order valence-electron chi connectivity index (χ0n) is 21.2. The average molecular weight is 489 g/mol. The van der Waals surface area contributed by atoms with E-state index in [9.17, 15) is 0 Å². The van der Waals surface area contributed by atoms with Crippen molar-refractivity contribution in [2.45, 2.75) is 13.8 Å². The molecule has 2 nitrogen and oxygen atoms in total. The predicted octanol–water partition coefficient (Wildman–Crippen LogP) is 10.6. The lowest BCUT2D eigenvalue weighted by Crippen LogP contribution is -1.86. The molecule has 0 atom stereocenters. The first-order valence-electron chi connectivity index (χ1n) is 13.0. The third-order valence-electron chi connectivity index (χ3n) is 7.76. The molecule has 0 saturated heterocycles. The number of aryl methyl sites for hydroxylation is 2. The molecule has 0 N–H and O–H groups in total. The minimum atomic E-state index is 0.915. The van der Waals surface area contributed by atoms with Crippen LogP contribution in [0.5, 0.6) is 0 Å². The number of hydrogen-bond acceptors (Lipinski definition) is 2. The van der Waals surface area contributed by atoms with Crippen LogP contribution in [0.25, 0.3) is 76.9 Å². The minimum absolute atomic E-state index is 0.915. The second-order valence-electron chi connectivity index (χ2n) is 10.3. The summed E-state index contributed by atoms with van der Waals surface area (Å²) in [4.78, 5) is 0. The van der Waals surface area contributed by atoms with Crippen molar-refractivity contribution in [1.29, 1.82) is 0 Å². The molecule has 0 amide bonds. The lowest BCUT2D eigenvalue weighted by molar-refractivity contribution is 0.669. The van der Waals surface area contributed by atoms with Gasteiger partial charge in [-0.25, -0.2) is 0 Å². The molecular weight excluding hydrogens is 464 g/mol. The van der Waals surface area contributed by atoms with Crippen molar-refractivity contribution in [1.82, 2.24) is 0 Å². The molecular formula is C36H24O2. The van der Waals surface area contributed by atoms with Crippen LogP contribution in [0.15, 0.2) is 118 Å². The molecule has 180 valence electrons. The van der Waals surface area contributed by atoms with Gasteiger partial charge in [-0.2, -0.15) is 0 Å². The molecule has 8 rings (SSSR count). The Balaban J connectivity index is 1.66. The topological polar surface area (TPSA) is 26.3 Å².